The first-order valence-electron chi connectivity index (χ1n) is 9.66. The fraction of sp³-hybridized carbons (Fsp3) is 0.130. The van der Waals surface area contributed by atoms with Gasteiger partial charge in [-0.25, -0.2) is 9.37 Å². The summed E-state index contributed by atoms with van der Waals surface area (Å²) in [7, 11) is 0. The standard InChI is InChI=1S/C23H19FN4O2/c24-16-7-5-15(6-8-16)14-25-22-18-3-1-2-4-19(18)27-23(28-22)26-17-9-10-20-21(13-17)30-12-11-29-20/h1-10,13H,11-12,14H2,(H2,25,26,27,28). The molecule has 4 aromatic rings. The predicted octanol–water partition coefficient (Wildman–Crippen LogP) is 4.90. The van der Waals surface area contributed by atoms with Crippen molar-refractivity contribution < 1.29 is 13.9 Å². The van der Waals surface area contributed by atoms with Crippen LogP contribution in [0.25, 0.3) is 10.9 Å². The smallest absolute Gasteiger partial charge is 0.229 e. The van der Waals surface area contributed by atoms with Gasteiger partial charge >= 0.3 is 0 Å². The molecule has 150 valence electrons. The van der Waals surface area contributed by atoms with E-state index in [1.807, 2.05) is 42.5 Å². The van der Waals surface area contributed by atoms with Gasteiger partial charge in [0.1, 0.15) is 24.8 Å². The van der Waals surface area contributed by atoms with E-state index < -0.39 is 0 Å². The summed E-state index contributed by atoms with van der Waals surface area (Å²) in [4.78, 5) is 9.29. The maximum Gasteiger partial charge on any atom is 0.229 e. The lowest BCUT2D eigenvalue weighted by Crippen LogP contribution is -2.15. The van der Waals surface area contributed by atoms with Gasteiger partial charge < -0.3 is 20.1 Å². The van der Waals surface area contributed by atoms with Crippen molar-refractivity contribution in [1.82, 2.24) is 9.97 Å². The molecule has 5 rings (SSSR count). The summed E-state index contributed by atoms with van der Waals surface area (Å²) in [6.07, 6.45) is 0. The minimum absolute atomic E-state index is 0.253. The van der Waals surface area contributed by atoms with Crippen LogP contribution in [-0.2, 0) is 6.54 Å². The molecular formula is C23H19FN4O2. The van der Waals surface area contributed by atoms with Gasteiger partial charge in [0.2, 0.25) is 5.95 Å². The normalized spacial score (nSPS) is 12.6. The Hall–Kier alpha value is -3.87. The van der Waals surface area contributed by atoms with Gasteiger partial charge in [-0.15, -0.1) is 0 Å². The number of anilines is 3. The quantitative estimate of drug-likeness (QED) is 0.495. The van der Waals surface area contributed by atoms with Crippen molar-refractivity contribution in [3.05, 3.63) is 78.1 Å². The number of nitrogens with zero attached hydrogens (tertiary/aromatic N) is 2. The Kier molecular flexibility index (Phi) is 4.77. The van der Waals surface area contributed by atoms with E-state index in [0.717, 1.165) is 27.9 Å². The lowest BCUT2D eigenvalue weighted by molar-refractivity contribution is 0.171. The molecule has 1 aromatic heterocycles. The molecule has 6 nitrogen and oxygen atoms in total. The zero-order valence-corrected chi connectivity index (χ0v) is 16.1. The fourth-order valence-electron chi connectivity index (χ4n) is 3.31. The van der Waals surface area contributed by atoms with Gasteiger partial charge in [0.05, 0.1) is 5.52 Å². The van der Waals surface area contributed by atoms with Gasteiger partial charge in [-0.05, 0) is 42.0 Å². The maximum atomic E-state index is 13.2. The van der Waals surface area contributed by atoms with Crippen LogP contribution in [0, 0.1) is 5.82 Å². The number of hydrogen-bond donors (Lipinski definition) is 2. The van der Waals surface area contributed by atoms with Crippen molar-refractivity contribution in [3.63, 3.8) is 0 Å². The maximum absolute atomic E-state index is 13.2. The number of rotatable bonds is 5. The van der Waals surface area contributed by atoms with Crippen LogP contribution in [0.5, 0.6) is 11.5 Å². The lowest BCUT2D eigenvalue weighted by Gasteiger charge is -2.19. The summed E-state index contributed by atoms with van der Waals surface area (Å²) in [6, 6.07) is 19.8. The lowest BCUT2D eigenvalue weighted by atomic mass is 10.2. The molecule has 3 aromatic carbocycles. The molecule has 0 unspecified atom stereocenters. The van der Waals surface area contributed by atoms with E-state index in [4.69, 9.17) is 9.47 Å². The average Bonchev–Trinajstić information content (AvgIpc) is 2.78. The van der Waals surface area contributed by atoms with Crippen molar-refractivity contribution >= 4 is 28.4 Å². The predicted molar refractivity (Wildman–Crippen MR) is 114 cm³/mol. The Labute approximate surface area is 172 Å². The van der Waals surface area contributed by atoms with Crippen LogP contribution in [0.2, 0.25) is 0 Å². The Bertz CT molecular complexity index is 1200. The third-order valence-electron chi connectivity index (χ3n) is 4.77. The van der Waals surface area contributed by atoms with E-state index in [1.165, 1.54) is 12.1 Å². The van der Waals surface area contributed by atoms with Crippen molar-refractivity contribution in [1.29, 1.82) is 0 Å². The molecule has 30 heavy (non-hydrogen) atoms. The molecule has 0 saturated carbocycles. The number of hydrogen-bond acceptors (Lipinski definition) is 6. The van der Waals surface area contributed by atoms with Crippen LogP contribution < -0.4 is 20.1 Å². The van der Waals surface area contributed by atoms with Gasteiger partial charge in [-0.2, -0.15) is 4.98 Å². The van der Waals surface area contributed by atoms with Crippen molar-refractivity contribution in [2.24, 2.45) is 0 Å². The zero-order chi connectivity index (χ0) is 20.3. The molecule has 2 heterocycles. The molecule has 0 aliphatic carbocycles. The molecule has 1 aliphatic rings. The second kappa shape index (κ2) is 7.87. The van der Waals surface area contributed by atoms with Gasteiger partial charge in [0, 0.05) is 23.7 Å². The first kappa shape index (κ1) is 18.2. The summed E-state index contributed by atoms with van der Waals surface area (Å²) >= 11 is 0. The van der Waals surface area contributed by atoms with Crippen LogP contribution in [0.4, 0.5) is 21.8 Å². The first-order chi connectivity index (χ1) is 14.7. The van der Waals surface area contributed by atoms with E-state index in [-0.39, 0.29) is 5.82 Å². The highest BCUT2D eigenvalue weighted by Gasteiger charge is 2.13. The second-order valence-electron chi connectivity index (χ2n) is 6.88. The van der Waals surface area contributed by atoms with Crippen molar-refractivity contribution in [2.45, 2.75) is 6.54 Å². The molecule has 0 bridgehead atoms. The Morgan fingerprint density at radius 3 is 2.53 bits per heavy atom. The van der Waals surface area contributed by atoms with Crippen LogP contribution in [0.3, 0.4) is 0 Å². The largest absolute Gasteiger partial charge is 0.486 e. The molecule has 1 aliphatic heterocycles. The number of benzene rings is 3. The topological polar surface area (TPSA) is 68.3 Å². The molecule has 0 saturated heterocycles. The third kappa shape index (κ3) is 3.82. The summed E-state index contributed by atoms with van der Waals surface area (Å²) in [5.41, 5.74) is 2.58. The highest BCUT2D eigenvalue weighted by atomic mass is 19.1. The monoisotopic (exact) mass is 402 g/mol. The Morgan fingerprint density at radius 1 is 0.867 bits per heavy atom. The summed E-state index contributed by atoms with van der Waals surface area (Å²) in [5.74, 6) is 2.34. The number of aromatic nitrogens is 2. The van der Waals surface area contributed by atoms with Gasteiger partial charge in [-0.1, -0.05) is 24.3 Å². The molecule has 0 atom stereocenters. The summed E-state index contributed by atoms with van der Waals surface area (Å²) < 4.78 is 24.4. The van der Waals surface area contributed by atoms with E-state index >= 15 is 0 Å². The Balaban J connectivity index is 1.43. The molecule has 2 N–H and O–H groups in total. The summed E-state index contributed by atoms with van der Waals surface area (Å²) in [6.45, 7) is 1.60. The van der Waals surface area contributed by atoms with Gasteiger partial charge in [-0.3, -0.25) is 0 Å². The first-order valence-corrected chi connectivity index (χ1v) is 9.66. The SMILES string of the molecule is Fc1ccc(CNc2nc(Nc3ccc4c(c3)OCCO4)nc3ccccc23)cc1. The van der Waals surface area contributed by atoms with E-state index in [2.05, 4.69) is 20.6 Å². The molecule has 0 spiro atoms. The zero-order valence-electron chi connectivity index (χ0n) is 16.1. The van der Waals surface area contributed by atoms with E-state index in [9.17, 15) is 4.39 Å². The van der Waals surface area contributed by atoms with Crippen molar-refractivity contribution in [3.8, 4) is 11.5 Å². The van der Waals surface area contributed by atoms with Gasteiger partial charge in [0.25, 0.3) is 0 Å². The minimum Gasteiger partial charge on any atom is -0.486 e. The summed E-state index contributed by atoms with van der Waals surface area (Å²) in [5, 5.41) is 7.50. The number of para-hydroxylation sites is 1. The van der Waals surface area contributed by atoms with Crippen molar-refractivity contribution in [2.75, 3.05) is 23.8 Å². The number of nitrogens with one attached hydrogen (secondary N) is 2. The van der Waals surface area contributed by atoms with Crippen LogP contribution in [0.1, 0.15) is 5.56 Å². The highest BCUT2D eigenvalue weighted by Crippen LogP contribution is 2.33. The fourth-order valence-corrected chi connectivity index (χ4v) is 3.31. The number of halogens is 1. The molecular weight excluding hydrogens is 383 g/mol. The minimum atomic E-state index is -0.253. The molecule has 7 heteroatoms. The number of fused-ring (bicyclic) bond motifs is 2. The van der Waals surface area contributed by atoms with Crippen LogP contribution >= 0.6 is 0 Å². The molecule has 0 amide bonds. The third-order valence-corrected chi connectivity index (χ3v) is 4.77. The molecule has 0 fully saturated rings. The van der Waals surface area contributed by atoms with Gasteiger partial charge in [0.15, 0.2) is 11.5 Å². The average molecular weight is 402 g/mol. The molecule has 0 radical (unpaired) electrons. The second-order valence-corrected chi connectivity index (χ2v) is 6.88. The highest BCUT2D eigenvalue weighted by molar-refractivity contribution is 5.90. The Morgan fingerprint density at radius 2 is 1.67 bits per heavy atom. The van der Waals surface area contributed by atoms with E-state index in [0.29, 0.717) is 37.3 Å². The van der Waals surface area contributed by atoms with E-state index in [1.54, 1.807) is 12.1 Å². The van der Waals surface area contributed by atoms with Crippen LogP contribution in [-0.4, -0.2) is 23.2 Å². The van der Waals surface area contributed by atoms with Crippen LogP contribution in [0.15, 0.2) is 66.7 Å². The number of ether oxygens (including phenoxy) is 2.